The summed E-state index contributed by atoms with van der Waals surface area (Å²) in [5.41, 5.74) is 12.6. The first-order valence-electron chi connectivity index (χ1n) is 10.9. The summed E-state index contributed by atoms with van der Waals surface area (Å²) in [6.45, 7) is 4.50. The summed E-state index contributed by atoms with van der Waals surface area (Å²) < 4.78 is 21.2. The lowest BCUT2D eigenvalue weighted by atomic mass is 10.1. The zero-order valence-electron chi connectivity index (χ0n) is 20.0. The zero-order chi connectivity index (χ0) is 27.1. The summed E-state index contributed by atoms with van der Waals surface area (Å²) in [5.74, 6) is -1.18. The minimum absolute atomic E-state index is 0.0387. The number of amides is 1. The SMILES string of the molecule is CC.NC(N)=NCc1cccc(-c2ccc(C(=O)NCCC(=O)O)s2)c1.NS(=O)(=O)c1ccccc1. The van der Waals surface area contributed by atoms with Crippen LogP contribution in [0.2, 0.25) is 0 Å². The number of guanidine groups is 1. The van der Waals surface area contributed by atoms with Crippen LogP contribution in [0.1, 0.15) is 35.5 Å². The van der Waals surface area contributed by atoms with Crippen LogP contribution in [0.4, 0.5) is 0 Å². The number of carbonyl (C=O) groups is 2. The van der Waals surface area contributed by atoms with Gasteiger partial charge in [0, 0.05) is 11.4 Å². The van der Waals surface area contributed by atoms with E-state index >= 15 is 0 Å². The van der Waals surface area contributed by atoms with E-state index in [1.54, 1.807) is 24.3 Å². The second-order valence-electron chi connectivity index (χ2n) is 6.86. The standard InChI is InChI=1S/C16H18N4O3S.C6H7NO2S.C2H6/c17-16(18)20-9-10-2-1-3-11(8-10)12-4-5-13(24-12)15(23)19-7-6-14(21)22;7-10(8,9)6-4-2-1-3-5-6;1-2/h1-5,8H,6-7,9H2,(H,19,23)(H,21,22)(H4,17,18,20);1-5H,(H2,7,8,9);1-2H3. The molecule has 36 heavy (non-hydrogen) atoms. The van der Waals surface area contributed by atoms with E-state index in [0.717, 1.165) is 16.0 Å². The number of nitrogens with zero attached hydrogens (tertiary/aromatic N) is 1. The average molecular weight is 534 g/mol. The van der Waals surface area contributed by atoms with E-state index in [9.17, 15) is 18.0 Å². The zero-order valence-corrected chi connectivity index (χ0v) is 21.7. The fraction of sp³-hybridized carbons (Fsp3) is 0.208. The fourth-order valence-corrected chi connectivity index (χ4v) is 4.06. The van der Waals surface area contributed by atoms with Crippen molar-refractivity contribution in [3.05, 3.63) is 77.2 Å². The first-order chi connectivity index (χ1) is 17.1. The summed E-state index contributed by atoms with van der Waals surface area (Å²) in [6.07, 6.45) is -0.100. The van der Waals surface area contributed by atoms with E-state index in [0.29, 0.717) is 11.4 Å². The average Bonchev–Trinajstić information content (AvgIpc) is 3.35. The van der Waals surface area contributed by atoms with Crippen LogP contribution in [0.15, 0.2) is 76.6 Å². The molecule has 0 saturated carbocycles. The molecule has 3 rings (SSSR count). The molecule has 1 aromatic heterocycles. The Bertz CT molecular complexity index is 1250. The first-order valence-corrected chi connectivity index (χ1v) is 13.2. The van der Waals surface area contributed by atoms with Crippen LogP contribution < -0.4 is 21.9 Å². The molecule has 0 bridgehead atoms. The van der Waals surface area contributed by atoms with Crippen LogP contribution >= 0.6 is 11.3 Å². The number of carboxylic acids is 1. The third kappa shape index (κ3) is 11.1. The summed E-state index contributed by atoms with van der Waals surface area (Å²) in [6, 6.07) is 19.2. The molecule has 0 radical (unpaired) electrons. The largest absolute Gasteiger partial charge is 0.481 e. The van der Waals surface area contributed by atoms with E-state index in [2.05, 4.69) is 10.3 Å². The van der Waals surface area contributed by atoms with Crippen LogP contribution in [0, 0.1) is 0 Å². The lowest BCUT2D eigenvalue weighted by Crippen LogP contribution is -2.25. The van der Waals surface area contributed by atoms with Crippen molar-refractivity contribution in [2.24, 2.45) is 21.6 Å². The van der Waals surface area contributed by atoms with Gasteiger partial charge in [0.05, 0.1) is 22.7 Å². The van der Waals surface area contributed by atoms with Crippen molar-refractivity contribution in [2.75, 3.05) is 6.54 Å². The number of sulfonamides is 1. The maximum absolute atomic E-state index is 12.0. The topological polar surface area (TPSA) is 191 Å². The molecule has 3 aromatic rings. The number of benzene rings is 2. The van der Waals surface area contributed by atoms with E-state index in [4.69, 9.17) is 21.7 Å². The van der Waals surface area contributed by atoms with Crippen molar-refractivity contribution in [1.82, 2.24) is 5.32 Å². The molecule has 0 saturated heterocycles. The summed E-state index contributed by atoms with van der Waals surface area (Å²) in [7, 11) is -3.50. The molecule has 0 aliphatic carbocycles. The van der Waals surface area contributed by atoms with Gasteiger partial charge in [0.15, 0.2) is 5.96 Å². The van der Waals surface area contributed by atoms with Crippen LogP contribution in [0.25, 0.3) is 10.4 Å². The normalized spacial score (nSPS) is 10.1. The van der Waals surface area contributed by atoms with Crippen molar-refractivity contribution in [2.45, 2.75) is 31.7 Å². The van der Waals surface area contributed by atoms with E-state index in [1.165, 1.54) is 23.5 Å². The Morgan fingerprint density at radius 3 is 2.22 bits per heavy atom. The molecule has 0 aliphatic rings. The molecule has 0 aliphatic heterocycles. The molecule has 12 heteroatoms. The Morgan fingerprint density at radius 1 is 1.00 bits per heavy atom. The Morgan fingerprint density at radius 2 is 1.67 bits per heavy atom. The molecular formula is C24H31N5O5S2. The Balaban J connectivity index is 0.000000450. The first kappa shape index (κ1) is 30.3. The highest BCUT2D eigenvalue weighted by Gasteiger charge is 2.11. The van der Waals surface area contributed by atoms with Gasteiger partial charge in [-0.2, -0.15) is 0 Å². The van der Waals surface area contributed by atoms with Gasteiger partial charge in [-0.05, 0) is 41.5 Å². The van der Waals surface area contributed by atoms with Crippen molar-refractivity contribution in [3.63, 3.8) is 0 Å². The maximum atomic E-state index is 12.0. The summed E-state index contributed by atoms with van der Waals surface area (Å²) in [4.78, 5) is 28.0. The van der Waals surface area contributed by atoms with Gasteiger partial charge in [-0.25, -0.2) is 18.5 Å². The molecule has 0 atom stereocenters. The van der Waals surface area contributed by atoms with Crippen LogP contribution in [-0.2, 0) is 21.4 Å². The van der Waals surface area contributed by atoms with E-state index in [-0.39, 0.29) is 29.7 Å². The highest BCUT2D eigenvalue weighted by atomic mass is 32.2. The summed E-state index contributed by atoms with van der Waals surface area (Å²) in [5, 5.41) is 16.0. The molecule has 1 amide bonds. The highest BCUT2D eigenvalue weighted by molar-refractivity contribution is 7.89. The second kappa shape index (κ2) is 15.3. The Kier molecular flexibility index (Phi) is 12.9. The molecule has 10 nitrogen and oxygen atoms in total. The van der Waals surface area contributed by atoms with Crippen molar-refractivity contribution < 1.29 is 23.1 Å². The van der Waals surface area contributed by atoms with Gasteiger partial charge >= 0.3 is 5.97 Å². The molecule has 2 aromatic carbocycles. The van der Waals surface area contributed by atoms with Crippen molar-refractivity contribution in [1.29, 1.82) is 0 Å². The number of carbonyl (C=O) groups excluding carboxylic acids is 1. The number of primary sulfonamides is 1. The minimum Gasteiger partial charge on any atom is -0.481 e. The number of nitrogens with one attached hydrogen (secondary N) is 1. The van der Waals surface area contributed by atoms with Gasteiger partial charge in [0.2, 0.25) is 10.0 Å². The Hall–Kier alpha value is -3.74. The molecule has 0 fully saturated rings. The van der Waals surface area contributed by atoms with Crippen molar-refractivity contribution in [3.8, 4) is 10.4 Å². The van der Waals surface area contributed by atoms with Gasteiger partial charge < -0.3 is 21.9 Å². The predicted molar refractivity (Wildman–Crippen MR) is 143 cm³/mol. The number of aliphatic carboxylic acids is 1. The monoisotopic (exact) mass is 533 g/mol. The number of hydrogen-bond donors (Lipinski definition) is 5. The second-order valence-corrected chi connectivity index (χ2v) is 9.51. The number of hydrogen-bond acceptors (Lipinski definition) is 6. The fourth-order valence-electron chi connectivity index (χ4n) is 2.60. The molecule has 194 valence electrons. The van der Waals surface area contributed by atoms with Crippen molar-refractivity contribution >= 4 is 39.2 Å². The minimum atomic E-state index is -3.50. The van der Waals surface area contributed by atoms with E-state index < -0.39 is 16.0 Å². The lowest BCUT2D eigenvalue weighted by Gasteiger charge is -2.02. The van der Waals surface area contributed by atoms with Gasteiger partial charge in [0.1, 0.15) is 0 Å². The summed E-state index contributed by atoms with van der Waals surface area (Å²) >= 11 is 1.34. The van der Waals surface area contributed by atoms with Gasteiger partial charge in [0.25, 0.3) is 5.91 Å². The van der Waals surface area contributed by atoms with Gasteiger partial charge in [-0.1, -0.05) is 50.2 Å². The third-order valence-corrected chi connectivity index (χ3v) is 6.24. The smallest absolute Gasteiger partial charge is 0.305 e. The van der Waals surface area contributed by atoms with E-state index in [1.807, 2.05) is 44.2 Å². The molecule has 0 spiro atoms. The molecular weight excluding hydrogens is 502 g/mol. The number of carboxylic acid groups (broad SMARTS) is 1. The predicted octanol–water partition coefficient (Wildman–Crippen LogP) is 2.75. The van der Waals surface area contributed by atoms with Gasteiger partial charge in [-0.3, -0.25) is 9.59 Å². The van der Waals surface area contributed by atoms with Crippen LogP contribution in [-0.4, -0.2) is 37.9 Å². The number of aliphatic imine (C=N–C) groups is 1. The highest BCUT2D eigenvalue weighted by Crippen LogP contribution is 2.28. The lowest BCUT2D eigenvalue weighted by molar-refractivity contribution is -0.136. The number of rotatable bonds is 8. The quantitative estimate of drug-likeness (QED) is 0.217. The Labute approximate surface area is 214 Å². The molecule has 8 N–H and O–H groups in total. The maximum Gasteiger partial charge on any atom is 0.305 e. The number of thiophene rings is 1. The van der Waals surface area contributed by atoms with Crippen LogP contribution in [0.5, 0.6) is 0 Å². The third-order valence-electron chi connectivity index (χ3n) is 4.18. The van der Waals surface area contributed by atoms with Gasteiger partial charge in [-0.15, -0.1) is 11.3 Å². The molecule has 1 heterocycles. The molecule has 0 unspecified atom stereocenters. The van der Waals surface area contributed by atoms with Crippen LogP contribution in [0.3, 0.4) is 0 Å². The number of nitrogens with two attached hydrogens (primary N) is 3.